The van der Waals surface area contributed by atoms with Gasteiger partial charge in [0, 0.05) is 44.0 Å². The van der Waals surface area contributed by atoms with E-state index >= 15 is 0 Å². The van der Waals surface area contributed by atoms with E-state index in [0.717, 1.165) is 56.8 Å². The number of carbonyl (C=O) groups is 1. The highest BCUT2D eigenvalue weighted by Crippen LogP contribution is 2.38. The second kappa shape index (κ2) is 7.91. The molecule has 2 heterocycles. The molecule has 1 N–H and O–H groups in total. The van der Waals surface area contributed by atoms with E-state index in [2.05, 4.69) is 27.2 Å². The van der Waals surface area contributed by atoms with Crippen LogP contribution in [-0.2, 0) is 17.8 Å². The van der Waals surface area contributed by atoms with Gasteiger partial charge in [0.1, 0.15) is 11.6 Å². The fourth-order valence-electron chi connectivity index (χ4n) is 4.79. The Balaban J connectivity index is 1.40. The van der Waals surface area contributed by atoms with Crippen molar-refractivity contribution in [2.45, 2.75) is 37.9 Å². The first-order valence-electron chi connectivity index (χ1n) is 10.8. The van der Waals surface area contributed by atoms with Gasteiger partial charge in [0.2, 0.25) is 5.91 Å². The lowest BCUT2D eigenvalue weighted by Crippen LogP contribution is -2.61. The number of methoxy groups -OCH3 is 1. The Morgan fingerprint density at radius 3 is 2.70 bits per heavy atom. The summed E-state index contributed by atoms with van der Waals surface area (Å²) in [5.74, 6) is 0.750. The molecular weight excluding hydrogens is 381 g/mol. The Kier molecular flexibility index (Phi) is 5.11. The van der Waals surface area contributed by atoms with Gasteiger partial charge in [-0.25, -0.2) is 4.39 Å². The van der Waals surface area contributed by atoms with Crippen LogP contribution in [0.15, 0.2) is 42.5 Å². The molecule has 30 heavy (non-hydrogen) atoms. The van der Waals surface area contributed by atoms with Crippen LogP contribution in [0, 0.1) is 11.7 Å². The molecule has 1 aliphatic carbocycles. The number of amides is 1. The summed E-state index contributed by atoms with van der Waals surface area (Å²) in [4.78, 5) is 17.9. The van der Waals surface area contributed by atoms with Gasteiger partial charge in [0.15, 0.2) is 0 Å². The van der Waals surface area contributed by atoms with Gasteiger partial charge in [0.25, 0.3) is 0 Å². The first-order valence-corrected chi connectivity index (χ1v) is 10.8. The van der Waals surface area contributed by atoms with Crippen LogP contribution in [0.2, 0.25) is 0 Å². The summed E-state index contributed by atoms with van der Waals surface area (Å²) in [6, 6.07) is 13.4. The zero-order chi connectivity index (χ0) is 20.7. The smallest absolute Gasteiger partial charge is 0.225 e. The average molecular weight is 410 g/mol. The van der Waals surface area contributed by atoms with Crippen LogP contribution < -0.4 is 15.0 Å². The molecule has 1 saturated heterocycles. The highest BCUT2D eigenvalue weighted by atomic mass is 19.1. The zero-order valence-corrected chi connectivity index (χ0v) is 17.3. The van der Waals surface area contributed by atoms with Crippen LogP contribution in [0.25, 0.3) is 0 Å². The van der Waals surface area contributed by atoms with Gasteiger partial charge in [0.05, 0.1) is 19.1 Å². The van der Waals surface area contributed by atoms with E-state index in [0.29, 0.717) is 6.04 Å². The third-order valence-electron chi connectivity index (χ3n) is 6.59. The van der Waals surface area contributed by atoms with Crippen LogP contribution in [0.4, 0.5) is 10.1 Å². The summed E-state index contributed by atoms with van der Waals surface area (Å²) < 4.78 is 18.7. The number of carbonyl (C=O) groups excluding carboxylic acids is 1. The monoisotopic (exact) mass is 409 g/mol. The molecule has 5 nitrogen and oxygen atoms in total. The SMILES string of the molecule is COc1ccc2c(c1)N1CCN(Cc3ccc(F)cc3)C[C@H]1[C@@H](C(=O)NC1CC1)C2. The van der Waals surface area contributed by atoms with Crippen molar-refractivity contribution in [1.82, 2.24) is 10.2 Å². The minimum Gasteiger partial charge on any atom is -0.497 e. The summed E-state index contributed by atoms with van der Waals surface area (Å²) in [6.07, 6.45) is 2.94. The second-order valence-corrected chi connectivity index (χ2v) is 8.71. The molecular formula is C24H28FN3O2. The van der Waals surface area contributed by atoms with Crippen LogP contribution in [-0.4, -0.2) is 49.6 Å². The number of hydrogen-bond donors (Lipinski definition) is 1. The molecule has 2 atom stereocenters. The Hall–Kier alpha value is -2.60. The molecule has 0 radical (unpaired) electrons. The van der Waals surface area contributed by atoms with E-state index in [1.54, 1.807) is 7.11 Å². The van der Waals surface area contributed by atoms with Gasteiger partial charge in [-0.2, -0.15) is 0 Å². The Bertz CT molecular complexity index is 929. The van der Waals surface area contributed by atoms with Crippen molar-refractivity contribution in [3.63, 3.8) is 0 Å². The fraction of sp³-hybridized carbons (Fsp3) is 0.458. The number of nitrogens with zero attached hydrogens (tertiary/aromatic N) is 2. The lowest BCUT2D eigenvalue weighted by Gasteiger charge is -2.49. The number of hydrogen-bond acceptors (Lipinski definition) is 4. The molecule has 0 bridgehead atoms. The molecule has 2 aromatic rings. The number of piperazine rings is 1. The first-order chi connectivity index (χ1) is 14.6. The summed E-state index contributed by atoms with van der Waals surface area (Å²) in [5.41, 5.74) is 3.51. The van der Waals surface area contributed by atoms with Crippen molar-refractivity contribution in [1.29, 1.82) is 0 Å². The highest BCUT2D eigenvalue weighted by Gasteiger charge is 2.42. The summed E-state index contributed by atoms with van der Waals surface area (Å²) in [7, 11) is 1.69. The van der Waals surface area contributed by atoms with Crippen molar-refractivity contribution in [3.8, 4) is 5.75 Å². The largest absolute Gasteiger partial charge is 0.497 e. The van der Waals surface area contributed by atoms with Crippen molar-refractivity contribution in [2.75, 3.05) is 31.6 Å². The van der Waals surface area contributed by atoms with Gasteiger partial charge in [-0.15, -0.1) is 0 Å². The van der Waals surface area contributed by atoms with Crippen LogP contribution >= 0.6 is 0 Å². The normalized spacial score (nSPS) is 23.5. The van der Waals surface area contributed by atoms with Gasteiger partial charge in [-0.05, 0) is 48.6 Å². The molecule has 2 fully saturated rings. The van der Waals surface area contributed by atoms with Gasteiger partial charge >= 0.3 is 0 Å². The quantitative estimate of drug-likeness (QED) is 0.825. The molecule has 6 heteroatoms. The minimum absolute atomic E-state index is 0.0671. The Morgan fingerprint density at radius 2 is 1.97 bits per heavy atom. The number of ether oxygens (including phenoxy) is 1. The number of rotatable bonds is 5. The van der Waals surface area contributed by atoms with E-state index in [4.69, 9.17) is 4.74 Å². The number of benzene rings is 2. The van der Waals surface area contributed by atoms with Gasteiger partial charge < -0.3 is 15.0 Å². The lowest BCUT2D eigenvalue weighted by molar-refractivity contribution is -0.126. The maximum Gasteiger partial charge on any atom is 0.225 e. The summed E-state index contributed by atoms with van der Waals surface area (Å²) >= 11 is 0. The molecule has 158 valence electrons. The van der Waals surface area contributed by atoms with E-state index < -0.39 is 0 Å². The maximum absolute atomic E-state index is 13.3. The second-order valence-electron chi connectivity index (χ2n) is 8.71. The maximum atomic E-state index is 13.3. The number of anilines is 1. The summed E-state index contributed by atoms with van der Waals surface area (Å²) in [6.45, 7) is 3.35. The number of fused-ring (bicyclic) bond motifs is 3. The molecule has 0 unspecified atom stereocenters. The first kappa shape index (κ1) is 19.4. The number of halogens is 1. The number of nitrogens with one attached hydrogen (secondary N) is 1. The van der Waals surface area contributed by atoms with Crippen molar-refractivity contribution in [3.05, 3.63) is 59.4 Å². The highest BCUT2D eigenvalue weighted by molar-refractivity contribution is 5.82. The standard InChI is InChI=1S/C24H28FN3O2/c1-30-20-9-4-17-12-21(24(29)26-19-7-8-19)23-15-27(10-11-28(23)22(17)13-20)14-16-2-5-18(25)6-3-16/h2-6,9,13,19,21,23H,7-8,10-12,14-15H2,1H3,(H,26,29)/t21-,23-/m0/s1. The van der Waals surface area contributed by atoms with E-state index in [1.807, 2.05) is 18.2 Å². The molecule has 1 saturated carbocycles. The average Bonchev–Trinajstić information content (AvgIpc) is 3.58. The minimum atomic E-state index is -0.210. The van der Waals surface area contributed by atoms with Crippen molar-refractivity contribution in [2.24, 2.45) is 5.92 Å². The third-order valence-corrected chi connectivity index (χ3v) is 6.59. The molecule has 2 aromatic carbocycles. The van der Waals surface area contributed by atoms with E-state index in [1.165, 1.54) is 23.4 Å². The third kappa shape index (κ3) is 3.88. The molecule has 1 amide bonds. The molecule has 0 aromatic heterocycles. The van der Waals surface area contributed by atoms with Gasteiger partial charge in [-0.3, -0.25) is 9.69 Å². The van der Waals surface area contributed by atoms with Crippen molar-refractivity contribution < 1.29 is 13.9 Å². The van der Waals surface area contributed by atoms with Gasteiger partial charge in [-0.1, -0.05) is 18.2 Å². The summed E-state index contributed by atoms with van der Waals surface area (Å²) in [5, 5.41) is 3.23. The van der Waals surface area contributed by atoms with E-state index in [9.17, 15) is 9.18 Å². The molecule has 5 rings (SSSR count). The molecule has 0 spiro atoms. The Labute approximate surface area is 176 Å². The van der Waals surface area contributed by atoms with Crippen LogP contribution in [0.3, 0.4) is 0 Å². The lowest BCUT2D eigenvalue weighted by atomic mass is 9.83. The Morgan fingerprint density at radius 1 is 1.17 bits per heavy atom. The van der Waals surface area contributed by atoms with E-state index in [-0.39, 0.29) is 23.7 Å². The predicted molar refractivity (Wildman–Crippen MR) is 114 cm³/mol. The molecule has 2 aliphatic heterocycles. The van der Waals surface area contributed by atoms with Crippen LogP contribution in [0.1, 0.15) is 24.0 Å². The molecule has 3 aliphatic rings. The van der Waals surface area contributed by atoms with Crippen LogP contribution in [0.5, 0.6) is 5.75 Å². The predicted octanol–water partition coefficient (Wildman–Crippen LogP) is 2.98. The topological polar surface area (TPSA) is 44.8 Å². The zero-order valence-electron chi connectivity index (χ0n) is 17.3. The fourth-order valence-corrected chi connectivity index (χ4v) is 4.79. The van der Waals surface area contributed by atoms with Crippen molar-refractivity contribution >= 4 is 11.6 Å².